The van der Waals surface area contributed by atoms with Crippen LogP contribution in [-0.4, -0.2) is 16.0 Å². The Kier molecular flexibility index (Phi) is 5.24. The van der Waals surface area contributed by atoms with Crippen LogP contribution in [0, 0.1) is 0 Å². The first kappa shape index (κ1) is 17.7. The van der Waals surface area contributed by atoms with Gasteiger partial charge >= 0.3 is 6.03 Å². The Morgan fingerprint density at radius 2 is 1.68 bits per heavy atom. The summed E-state index contributed by atoms with van der Waals surface area (Å²) in [6.07, 6.45) is 5.28. The lowest BCUT2D eigenvalue weighted by Crippen LogP contribution is -2.34. The third-order valence-corrected chi connectivity index (χ3v) is 4.55. The fourth-order valence-electron chi connectivity index (χ4n) is 3.08. The highest BCUT2D eigenvalue weighted by atomic mass is 16.2. The second kappa shape index (κ2) is 8.31. The number of carbonyl (C=O) groups is 1. The molecule has 2 aromatic heterocycles. The minimum atomic E-state index is -0.204. The van der Waals surface area contributed by atoms with E-state index in [1.54, 1.807) is 18.6 Å². The molecule has 0 aliphatic rings. The maximum absolute atomic E-state index is 12.2. The van der Waals surface area contributed by atoms with Crippen molar-refractivity contribution in [3.8, 4) is 11.3 Å². The fourth-order valence-corrected chi connectivity index (χ4v) is 3.08. The van der Waals surface area contributed by atoms with Crippen molar-refractivity contribution in [2.75, 3.05) is 0 Å². The second-order valence-corrected chi connectivity index (χ2v) is 6.47. The molecule has 0 saturated carbocycles. The maximum Gasteiger partial charge on any atom is 0.315 e. The normalized spacial score (nSPS) is 10.6. The highest BCUT2D eigenvalue weighted by Gasteiger charge is 2.05. The van der Waals surface area contributed by atoms with E-state index in [9.17, 15) is 4.79 Å². The molecular formula is C23H20N4O. The number of nitrogens with zero attached hydrogens (tertiary/aromatic N) is 2. The van der Waals surface area contributed by atoms with E-state index in [0.717, 1.165) is 27.8 Å². The molecule has 0 bridgehead atoms. The van der Waals surface area contributed by atoms with Crippen LogP contribution in [0.25, 0.3) is 22.0 Å². The molecule has 138 valence electrons. The van der Waals surface area contributed by atoms with Gasteiger partial charge in [-0.2, -0.15) is 0 Å². The fraction of sp³-hybridized carbons (Fsp3) is 0.0870. The summed E-state index contributed by atoms with van der Waals surface area (Å²) in [6, 6.07) is 21.8. The summed E-state index contributed by atoms with van der Waals surface area (Å²) >= 11 is 0. The van der Waals surface area contributed by atoms with E-state index >= 15 is 0 Å². The molecule has 2 N–H and O–H groups in total. The van der Waals surface area contributed by atoms with Gasteiger partial charge in [-0.3, -0.25) is 9.97 Å². The Morgan fingerprint density at radius 1 is 0.821 bits per heavy atom. The Morgan fingerprint density at radius 3 is 2.50 bits per heavy atom. The molecule has 0 radical (unpaired) electrons. The van der Waals surface area contributed by atoms with Crippen LogP contribution in [0.3, 0.4) is 0 Å². The van der Waals surface area contributed by atoms with Gasteiger partial charge in [0.2, 0.25) is 0 Å². The summed E-state index contributed by atoms with van der Waals surface area (Å²) in [6.45, 7) is 0.896. The molecule has 0 aliphatic carbocycles. The smallest absolute Gasteiger partial charge is 0.315 e. The van der Waals surface area contributed by atoms with Crippen LogP contribution in [-0.2, 0) is 13.1 Å². The highest BCUT2D eigenvalue weighted by Crippen LogP contribution is 2.18. The topological polar surface area (TPSA) is 66.9 Å². The lowest BCUT2D eigenvalue weighted by atomic mass is 10.0. The van der Waals surface area contributed by atoms with Gasteiger partial charge in [0.05, 0.1) is 5.69 Å². The predicted molar refractivity (Wildman–Crippen MR) is 110 cm³/mol. The molecule has 0 saturated heterocycles. The molecule has 4 aromatic rings. The third-order valence-electron chi connectivity index (χ3n) is 4.55. The number of rotatable bonds is 5. The molecule has 5 nitrogen and oxygen atoms in total. The van der Waals surface area contributed by atoms with Crippen LogP contribution < -0.4 is 10.6 Å². The van der Waals surface area contributed by atoms with Gasteiger partial charge in [0.1, 0.15) is 0 Å². The predicted octanol–water partition coefficient (Wildman–Crippen LogP) is 4.30. The van der Waals surface area contributed by atoms with E-state index in [2.05, 4.69) is 38.8 Å². The van der Waals surface area contributed by atoms with Crippen molar-refractivity contribution in [2.24, 2.45) is 0 Å². The number of urea groups is 1. The van der Waals surface area contributed by atoms with Crippen LogP contribution >= 0.6 is 0 Å². The average molecular weight is 368 g/mol. The molecule has 2 heterocycles. The number of benzene rings is 2. The number of hydrogen-bond donors (Lipinski definition) is 2. The SMILES string of the molecule is O=C(NCc1ccc(-c2cccnc2)nc1)NCc1cccc2ccccc12. The lowest BCUT2D eigenvalue weighted by Gasteiger charge is -2.10. The van der Waals surface area contributed by atoms with Gasteiger partial charge in [-0.15, -0.1) is 0 Å². The summed E-state index contributed by atoms with van der Waals surface area (Å²) in [5.74, 6) is 0. The number of hydrogen-bond acceptors (Lipinski definition) is 3. The van der Waals surface area contributed by atoms with Gasteiger partial charge in [0.15, 0.2) is 0 Å². The number of pyridine rings is 2. The first-order valence-corrected chi connectivity index (χ1v) is 9.13. The molecular weight excluding hydrogens is 348 g/mol. The molecule has 2 amide bonds. The molecule has 4 rings (SSSR count). The van der Waals surface area contributed by atoms with Crippen LogP contribution in [0.5, 0.6) is 0 Å². The Hall–Kier alpha value is -3.73. The lowest BCUT2D eigenvalue weighted by molar-refractivity contribution is 0.240. The van der Waals surface area contributed by atoms with E-state index in [1.165, 1.54) is 5.39 Å². The summed E-state index contributed by atoms with van der Waals surface area (Å²) < 4.78 is 0. The van der Waals surface area contributed by atoms with Crippen molar-refractivity contribution in [3.63, 3.8) is 0 Å². The summed E-state index contributed by atoms with van der Waals surface area (Å²) in [4.78, 5) is 20.7. The summed E-state index contributed by atoms with van der Waals surface area (Å²) in [5, 5.41) is 8.12. The van der Waals surface area contributed by atoms with Gasteiger partial charge in [-0.05, 0) is 40.1 Å². The van der Waals surface area contributed by atoms with E-state index in [-0.39, 0.29) is 6.03 Å². The quantitative estimate of drug-likeness (QED) is 0.552. The number of aromatic nitrogens is 2. The third kappa shape index (κ3) is 4.15. The van der Waals surface area contributed by atoms with Gasteiger partial charge < -0.3 is 10.6 Å². The van der Waals surface area contributed by atoms with Crippen molar-refractivity contribution in [1.29, 1.82) is 0 Å². The van der Waals surface area contributed by atoms with Crippen LogP contribution in [0.15, 0.2) is 85.3 Å². The maximum atomic E-state index is 12.2. The van der Waals surface area contributed by atoms with Gasteiger partial charge in [-0.1, -0.05) is 48.5 Å². The second-order valence-electron chi connectivity index (χ2n) is 6.47. The van der Waals surface area contributed by atoms with Crippen LogP contribution in [0.4, 0.5) is 4.79 Å². The molecule has 28 heavy (non-hydrogen) atoms. The summed E-state index contributed by atoms with van der Waals surface area (Å²) in [5.41, 5.74) is 3.86. The van der Waals surface area contributed by atoms with Crippen molar-refractivity contribution < 1.29 is 4.79 Å². The number of carbonyl (C=O) groups excluding carboxylic acids is 1. The molecule has 0 spiro atoms. The van der Waals surface area contributed by atoms with E-state index in [0.29, 0.717) is 13.1 Å². The highest BCUT2D eigenvalue weighted by molar-refractivity contribution is 5.86. The minimum absolute atomic E-state index is 0.204. The van der Waals surface area contributed by atoms with E-state index in [1.807, 2.05) is 48.5 Å². The Balaban J connectivity index is 1.32. The van der Waals surface area contributed by atoms with E-state index < -0.39 is 0 Å². The largest absolute Gasteiger partial charge is 0.334 e. The van der Waals surface area contributed by atoms with E-state index in [4.69, 9.17) is 0 Å². The van der Waals surface area contributed by atoms with Crippen molar-refractivity contribution in [2.45, 2.75) is 13.1 Å². The minimum Gasteiger partial charge on any atom is -0.334 e. The molecule has 0 fully saturated rings. The van der Waals surface area contributed by atoms with Crippen molar-refractivity contribution in [1.82, 2.24) is 20.6 Å². The first-order chi connectivity index (χ1) is 13.8. The summed E-state index contributed by atoms with van der Waals surface area (Å²) in [7, 11) is 0. The van der Waals surface area contributed by atoms with Gasteiger partial charge in [-0.25, -0.2) is 4.79 Å². The monoisotopic (exact) mass is 368 g/mol. The number of amides is 2. The zero-order chi connectivity index (χ0) is 19.2. The number of nitrogens with one attached hydrogen (secondary N) is 2. The Bertz CT molecular complexity index is 1070. The molecule has 2 aromatic carbocycles. The van der Waals surface area contributed by atoms with Crippen molar-refractivity contribution >= 4 is 16.8 Å². The van der Waals surface area contributed by atoms with Crippen molar-refractivity contribution in [3.05, 3.63) is 96.4 Å². The first-order valence-electron chi connectivity index (χ1n) is 9.13. The Labute approximate surface area is 163 Å². The van der Waals surface area contributed by atoms with Crippen LogP contribution in [0.2, 0.25) is 0 Å². The molecule has 0 aliphatic heterocycles. The number of fused-ring (bicyclic) bond motifs is 1. The van der Waals surface area contributed by atoms with Gasteiger partial charge in [0.25, 0.3) is 0 Å². The van der Waals surface area contributed by atoms with Crippen LogP contribution in [0.1, 0.15) is 11.1 Å². The standard InChI is InChI=1S/C23H20N4O/c28-23(27-16-19-7-3-6-18-5-1-2-9-21(18)19)26-14-17-10-11-22(25-13-17)20-8-4-12-24-15-20/h1-13,15H,14,16H2,(H2,26,27,28). The molecule has 0 unspecified atom stereocenters. The zero-order valence-corrected chi connectivity index (χ0v) is 15.3. The zero-order valence-electron chi connectivity index (χ0n) is 15.3. The van der Waals surface area contributed by atoms with Gasteiger partial charge in [0, 0.05) is 37.2 Å². The molecule has 5 heteroatoms. The molecule has 0 atom stereocenters. The average Bonchev–Trinajstić information content (AvgIpc) is 2.77.